The smallest absolute Gasteiger partial charge is 0.262 e. The van der Waals surface area contributed by atoms with Crippen molar-refractivity contribution in [3.05, 3.63) is 71.3 Å². The summed E-state index contributed by atoms with van der Waals surface area (Å²) in [6.45, 7) is -0.158. The quantitative estimate of drug-likeness (QED) is 0.749. The van der Waals surface area contributed by atoms with Gasteiger partial charge in [0.1, 0.15) is 18.2 Å². The molecule has 2 aromatic rings. The molecule has 1 heterocycles. The number of halogens is 2. The summed E-state index contributed by atoms with van der Waals surface area (Å²) in [6.07, 6.45) is 2.90. The van der Waals surface area contributed by atoms with Crippen LogP contribution in [0.2, 0.25) is 0 Å². The van der Waals surface area contributed by atoms with E-state index in [1.807, 2.05) is 0 Å². The van der Waals surface area contributed by atoms with Crippen LogP contribution in [0.4, 0.5) is 8.78 Å². The summed E-state index contributed by atoms with van der Waals surface area (Å²) in [6, 6.07) is 11.7. The summed E-state index contributed by atoms with van der Waals surface area (Å²) in [5.41, 5.74) is 0.977. The van der Waals surface area contributed by atoms with Gasteiger partial charge in [0.25, 0.3) is 5.91 Å². The lowest BCUT2D eigenvalue weighted by Gasteiger charge is -2.30. The number of benzene rings is 2. The molecule has 1 aliphatic heterocycles. The van der Waals surface area contributed by atoms with Crippen LogP contribution in [0.25, 0.3) is 0 Å². The zero-order chi connectivity index (χ0) is 21.3. The number of rotatable bonds is 5. The molecule has 0 radical (unpaired) electrons. The van der Waals surface area contributed by atoms with Gasteiger partial charge in [-0.25, -0.2) is 13.8 Å². The maximum Gasteiger partial charge on any atom is 0.262 e. The van der Waals surface area contributed by atoms with Gasteiger partial charge in [0, 0.05) is 30.5 Å². The standard InChI is InChI=1S/C23H23F2N3O2/c1-27(23(30)15-7-6-8-15)14-22(29)28-21(17-10-3-5-12-19(17)25)13-20(26-28)16-9-2-4-11-18(16)24/h2-5,9-12,15,21H,6-8,13-14H2,1H3/t21-/m1/s1. The number of likely N-dealkylation sites (N-methyl/N-ethyl adjacent to an activating group) is 1. The van der Waals surface area contributed by atoms with E-state index in [4.69, 9.17) is 0 Å². The van der Waals surface area contributed by atoms with Gasteiger partial charge in [-0.3, -0.25) is 9.59 Å². The predicted molar refractivity (Wildman–Crippen MR) is 109 cm³/mol. The fraction of sp³-hybridized carbons (Fsp3) is 0.348. The van der Waals surface area contributed by atoms with Crippen LogP contribution in [-0.4, -0.2) is 41.0 Å². The van der Waals surface area contributed by atoms with Gasteiger partial charge in [0.2, 0.25) is 5.91 Å². The van der Waals surface area contributed by atoms with Crippen LogP contribution < -0.4 is 0 Å². The zero-order valence-electron chi connectivity index (χ0n) is 16.7. The number of hydrazone groups is 1. The Balaban J connectivity index is 1.61. The van der Waals surface area contributed by atoms with Crippen molar-refractivity contribution in [2.45, 2.75) is 31.7 Å². The van der Waals surface area contributed by atoms with Gasteiger partial charge in [0.15, 0.2) is 0 Å². The van der Waals surface area contributed by atoms with E-state index in [-0.39, 0.29) is 30.4 Å². The monoisotopic (exact) mass is 411 g/mol. The summed E-state index contributed by atoms with van der Waals surface area (Å²) in [4.78, 5) is 26.9. The molecule has 7 heteroatoms. The van der Waals surface area contributed by atoms with Gasteiger partial charge in [-0.2, -0.15) is 5.10 Å². The molecule has 0 aromatic heterocycles. The molecule has 2 aliphatic rings. The van der Waals surface area contributed by atoms with E-state index in [1.165, 1.54) is 22.0 Å². The second kappa shape index (κ2) is 8.34. The first-order chi connectivity index (χ1) is 14.5. The maximum atomic E-state index is 14.5. The highest BCUT2D eigenvalue weighted by atomic mass is 19.1. The molecular formula is C23H23F2N3O2. The van der Waals surface area contributed by atoms with Crippen LogP contribution in [0.15, 0.2) is 53.6 Å². The van der Waals surface area contributed by atoms with E-state index in [0.717, 1.165) is 19.3 Å². The lowest BCUT2D eigenvalue weighted by molar-refractivity contribution is -0.144. The Labute approximate surface area is 174 Å². The van der Waals surface area contributed by atoms with Crippen molar-refractivity contribution in [1.29, 1.82) is 0 Å². The van der Waals surface area contributed by atoms with Gasteiger partial charge in [-0.1, -0.05) is 42.8 Å². The van der Waals surface area contributed by atoms with E-state index in [2.05, 4.69) is 5.10 Å². The van der Waals surface area contributed by atoms with Gasteiger partial charge < -0.3 is 4.90 Å². The van der Waals surface area contributed by atoms with E-state index < -0.39 is 23.6 Å². The topological polar surface area (TPSA) is 53.0 Å². The van der Waals surface area contributed by atoms with Crippen LogP contribution in [0.5, 0.6) is 0 Å². The molecule has 0 unspecified atom stereocenters. The highest BCUT2D eigenvalue weighted by Gasteiger charge is 2.36. The zero-order valence-corrected chi connectivity index (χ0v) is 16.7. The summed E-state index contributed by atoms with van der Waals surface area (Å²) < 4.78 is 28.8. The molecule has 30 heavy (non-hydrogen) atoms. The number of nitrogens with zero attached hydrogens (tertiary/aromatic N) is 3. The maximum absolute atomic E-state index is 14.5. The van der Waals surface area contributed by atoms with Crippen molar-refractivity contribution >= 4 is 17.5 Å². The predicted octanol–water partition coefficient (Wildman–Crippen LogP) is 3.90. The van der Waals surface area contributed by atoms with Gasteiger partial charge >= 0.3 is 0 Å². The molecule has 2 aromatic carbocycles. The van der Waals surface area contributed by atoms with Gasteiger partial charge in [-0.05, 0) is 25.0 Å². The molecule has 1 aliphatic carbocycles. The summed E-state index contributed by atoms with van der Waals surface area (Å²) in [5.74, 6) is -1.42. The van der Waals surface area contributed by atoms with Gasteiger partial charge in [-0.15, -0.1) is 0 Å². The summed E-state index contributed by atoms with van der Waals surface area (Å²) in [7, 11) is 1.59. The Morgan fingerprint density at radius 3 is 2.37 bits per heavy atom. The van der Waals surface area contributed by atoms with Crippen molar-refractivity contribution in [3.63, 3.8) is 0 Å². The molecule has 2 amide bonds. The Morgan fingerprint density at radius 1 is 1.07 bits per heavy atom. The second-order valence-corrected chi connectivity index (χ2v) is 7.83. The fourth-order valence-corrected chi connectivity index (χ4v) is 3.91. The molecule has 1 saturated carbocycles. The van der Waals surface area contributed by atoms with Crippen molar-refractivity contribution in [3.8, 4) is 0 Å². The van der Waals surface area contributed by atoms with Crippen LogP contribution >= 0.6 is 0 Å². The van der Waals surface area contributed by atoms with Crippen molar-refractivity contribution < 1.29 is 18.4 Å². The molecule has 0 spiro atoms. The SMILES string of the molecule is CN(CC(=O)N1N=C(c2ccccc2F)C[C@@H]1c1ccccc1F)C(=O)C1CCC1. The first-order valence-electron chi connectivity index (χ1n) is 10.1. The minimum Gasteiger partial charge on any atom is -0.336 e. The molecule has 1 atom stereocenters. The van der Waals surface area contributed by atoms with E-state index >= 15 is 0 Å². The summed E-state index contributed by atoms with van der Waals surface area (Å²) in [5, 5.41) is 5.56. The van der Waals surface area contributed by atoms with Gasteiger partial charge in [0.05, 0.1) is 11.8 Å². The highest BCUT2D eigenvalue weighted by molar-refractivity contribution is 6.03. The lowest BCUT2D eigenvalue weighted by Crippen LogP contribution is -2.43. The van der Waals surface area contributed by atoms with Crippen LogP contribution in [0.1, 0.15) is 42.9 Å². The Bertz CT molecular complexity index is 1000. The third kappa shape index (κ3) is 3.84. The van der Waals surface area contributed by atoms with Crippen molar-refractivity contribution in [2.75, 3.05) is 13.6 Å². The third-order valence-electron chi connectivity index (χ3n) is 5.82. The van der Waals surface area contributed by atoms with E-state index in [1.54, 1.807) is 43.4 Å². The van der Waals surface area contributed by atoms with Crippen LogP contribution in [0.3, 0.4) is 0 Å². The average molecular weight is 411 g/mol. The number of hydrogen-bond donors (Lipinski definition) is 0. The Hall–Kier alpha value is -3.09. The third-order valence-corrected chi connectivity index (χ3v) is 5.82. The van der Waals surface area contributed by atoms with E-state index in [0.29, 0.717) is 11.3 Å². The van der Waals surface area contributed by atoms with Crippen LogP contribution in [-0.2, 0) is 9.59 Å². The number of carbonyl (C=O) groups excluding carboxylic acids is 2. The van der Waals surface area contributed by atoms with Crippen molar-refractivity contribution in [2.24, 2.45) is 11.0 Å². The minimum absolute atomic E-state index is 0.0266. The number of carbonyl (C=O) groups is 2. The normalized spacial score (nSPS) is 18.7. The second-order valence-electron chi connectivity index (χ2n) is 7.83. The van der Waals surface area contributed by atoms with E-state index in [9.17, 15) is 18.4 Å². The Morgan fingerprint density at radius 2 is 1.73 bits per heavy atom. The Kier molecular flexibility index (Phi) is 5.61. The largest absolute Gasteiger partial charge is 0.336 e. The minimum atomic E-state index is -0.694. The lowest BCUT2D eigenvalue weighted by atomic mass is 9.84. The molecule has 156 valence electrons. The number of amides is 2. The fourth-order valence-electron chi connectivity index (χ4n) is 3.91. The summed E-state index contributed by atoms with van der Waals surface area (Å²) >= 11 is 0. The molecule has 4 rings (SSSR count). The average Bonchev–Trinajstić information content (AvgIpc) is 3.12. The molecule has 0 bridgehead atoms. The number of hydrogen-bond acceptors (Lipinski definition) is 3. The molecule has 0 saturated heterocycles. The molecule has 1 fully saturated rings. The molecular weight excluding hydrogens is 388 g/mol. The van der Waals surface area contributed by atoms with Crippen LogP contribution in [0, 0.1) is 17.6 Å². The first kappa shape index (κ1) is 20.2. The first-order valence-corrected chi connectivity index (χ1v) is 10.1. The molecule has 0 N–H and O–H groups in total. The van der Waals surface area contributed by atoms with Crippen molar-refractivity contribution in [1.82, 2.24) is 9.91 Å². The highest BCUT2D eigenvalue weighted by Crippen LogP contribution is 2.35. The molecule has 5 nitrogen and oxygen atoms in total.